The van der Waals surface area contributed by atoms with Crippen molar-refractivity contribution in [2.75, 3.05) is 4.90 Å². The molecule has 0 unspecified atom stereocenters. The van der Waals surface area contributed by atoms with Crippen LogP contribution in [0.2, 0.25) is 0 Å². The van der Waals surface area contributed by atoms with Crippen LogP contribution in [0.1, 0.15) is 33.6 Å². The molecule has 0 bridgehead atoms. The van der Waals surface area contributed by atoms with Crippen LogP contribution in [0.4, 0.5) is 11.4 Å². The fraction of sp³-hybridized carbons (Fsp3) is 0.158. The van der Waals surface area contributed by atoms with E-state index in [1.54, 1.807) is 6.07 Å². The van der Waals surface area contributed by atoms with Gasteiger partial charge in [-0.1, -0.05) is 24.3 Å². The summed E-state index contributed by atoms with van der Waals surface area (Å²) in [4.78, 5) is 63.7. The molecule has 1 atom stereocenters. The van der Waals surface area contributed by atoms with E-state index >= 15 is 0 Å². The molecule has 140 valence electrons. The van der Waals surface area contributed by atoms with Gasteiger partial charge in [-0.2, -0.15) is 0 Å². The Kier molecular flexibility index (Phi) is 3.99. The number of carbonyl (C=O) groups is 4. The van der Waals surface area contributed by atoms with Crippen LogP contribution in [0.25, 0.3) is 0 Å². The molecule has 28 heavy (non-hydrogen) atoms. The van der Waals surface area contributed by atoms with Crippen molar-refractivity contribution in [2.45, 2.75) is 18.9 Å². The third-order valence-electron chi connectivity index (χ3n) is 4.85. The molecule has 4 rings (SSSR count). The first kappa shape index (κ1) is 17.5. The first-order chi connectivity index (χ1) is 13.4. The van der Waals surface area contributed by atoms with Crippen LogP contribution < -0.4 is 4.90 Å². The number of amides is 4. The van der Waals surface area contributed by atoms with Gasteiger partial charge in [-0.25, -0.2) is 4.90 Å². The van der Waals surface area contributed by atoms with E-state index in [-0.39, 0.29) is 29.7 Å². The molecule has 2 aromatic rings. The van der Waals surface area contributed by atoms with Crippen LogP contribution in [-0.2, 0) is 9.59 Å². The van der Waals surface area contributed by atoms with Crippen molar-refractivity contribution >= 4 is 35.0 Å². The summed E-state index contributed by atoms with van der Waals surface area (Å²) >= 11 is 0. The summed E-state index contributed by atoms with van der Waals surface area (Å²) in [5, 5.41) is 11.3. The van der Waals surface area contributed by atoms with E-state index in [9.17, 15) is 29.3 Å². The van der Waals surface area contributed by atoms with Crippen molar-refractivity contribution in [1.82, 2.24) is 4.90 Å². The maximum Gasteiger partial charge on any atom is 0.282 e. The van der Waals surface area contributed by atoms with E-state index in [1.165, 1.54) is 36.4 Å². The molecule has 9 heteroatoms. The first-order valence-electron chi connectivity index (χ1n) is 8.49. The first-order valence-corrected chi connectivity index (χ1v) is 8.49. The molecule has 1 saturated heterocycles. The number of para-hydroxylation sites is 2. The number of nitrogens with zero attached hydrogens (tertiary/aromatic N) is 3. The lowest BCUT2D eigenvalue weighted by Gasteiger charge is -2.23. The van der Waals surface area contributed by atoms with Crippen molar-refractivity contribution in [3.05, 3.63) is 69.8 Å². The SMILES string of the molecule is O=C(c1ccccc1[N+](=O)[O-])N1C(=O)[C@@H]2CCC(=O)N2C(=O)c2ccccc21. The standard InChI is InChI=1S/C19H13N3O6/c23-16-10-9-15-19(26)21(13-7-3-1-5-11(13)17(24)20(15)16)18(25)12-6-2-4-8-14(12)22(27)28/h1-8,15H,9-10H2/t15-/m0/s1. The highest BCUT2D eigenvalue weighted by molar-refractivity contribution is 6.29. The topological polar surface area (TPSA) is 118 Å². The minimum Gasteiger partial charge on any atom is -0.274 e. The molecule has 1 fully saturated rings. The Bertz CT molecular complexity index is 1060. The lowest BCUT2D eigenvalue weighted by Crippen LogP contribution is -2.48. The molecule has 9 nitrogen and oxygen atoms in total. The Morgan fingerprint density at radius 3 is 2.46 bits per heavy atom. The molecule has 0 radical (unpaired) electrons. The molecule has 2 aromatic carbocycles. The van der Waals surface area contributed by atoms with Gasteiger partial charge in [0.15, 0.2) is 0 Å². The number of nitro groups is 1. The fourth-order valence-corrected chi connectivity index (χ4v) is 3.56. The summed E-state index contributed by atoms with van der Waals surface area (Å²) in [6.07, 6.45) is 0.107. The minimum absolute atomic E-state index is 0.00264. The average molecular weight is 379 g/mol. The van der Waals surface area contributed by atoms with Gasteiger partial charge in [0.1, 0.15) is 11.6 Å². The smallest absolute Gasteiger partial charge is 0.274 e. The minimum atomic E-state index is -1.11. The van der Waals surface area contributed by atoms with E-state index < -0.39 is 40.3 Å². The third-order valence-corrected chi connectivity index (χ3v) is 4.85. The van der Waals surface area contributed by atoms with Crippen molar-refractivity contribution in [1.29, 1.82) is 0 Å². The van der Waals surface area contributed by atoms with E-state index in [4.69, 9.17) is 0 Å². The third kappa shape index (κ3) is 2.48. The van der Waals surface area contributed by atoms with Crippen LogP contribution >= 0.6 is 0 Å². The molecule has 0 spiro atoms. The molecular formula is C19H13N3O6. The fourth-order valence-electron chi connectivity index (χ4n) is 3.56. The zero-order valence-electron chi connectivity index (χ0n) is 14.4. The summed E-state index contributed by atoms with van der Waals surface area (Å²) in [6, 6.07) is 10.1. The van der Waals surface area contributed by atoms with Gasteiger partial charge in [0.05, 0.1) is 16.2 Å². The number of imide groups is 2. The summed E-state index contributed by atoms with van der Waals surface area (Å²) in [7, 11) is 0. The second kappa shape index (κ2) is 6.38. The molecule has 0 aromatic heterocycles. The number of hydrogen-bond acceptors (Lipinski definition) is 6. The monoisotopic (exact) mass is 379 g/mol. The zero-order chi connectivity index (χ0) is 20.0. The molecule has 0 N–H and O–H groups in total. The number of benzene rings is 2. The van der Waals surface area contributed by atoms with Crippen molar-refractivity contribution in [3.63, 3.8) is 0 Å². The highest BCUT2D eigenvalue weighted by atomic mass is 16.6. The van der Waals surface area contributed by atoms with Gasteiger partial charge in [-0.3, -0.25) is 34.2 Å². The molecule has 0 saturated carbocycles. The molecule has 2 heterocycles. The quantitative estimate of drug-likeness (QED) is 0.447. The van der Waals surface area contributed by atoms with Crippen molar-refractivity contribution in [2.24, 2.45) is 0 Å². The highest BCUT2D eigenvalue weighted by Crippen LogP contribution is 2.34. The van der Waals surface area contributed by atoms with E-state index in [1.807, 2.05) is 0 Å². The Labute approximate surface area is 158 Å². The average Bonchev–Trinajstić information content (AvgIpc) is 3.05. The van der Waals surface area contributed by atoms with Crippen LogP contribution in [0.15, 0.2) is 48.5 Å². The van der Waals surface area contributed by atoms with Crippen LogP contribution in [0.5, 0.6) is 0 Å². The zero-order valence-corrected chi connectivity index (χ0v) is 14.4. The van der Waals surface area contributed by atoms with E-state index in [0.29, 0.717) is 0 Å². The molecular weight excluding hydrogens is 366 g/mol. The summed E-state index contributed by atoms with van der Waals surface area (Å²) < 4.78 is 0. The van der Waals surface area contributed by atoms with Gasteiger partial charge >= 0.3 is 0 Å². The highest BCUT2D eigenvalue weighted by Gasteiger charge is 2.48. The Hall–Kier alpha value is -3.88. The van der Waals surface area contributed by atoms with Gasteiger partial charge in [-0.15, -0.1) is 0 Å². The number of rotatable bonds is 2. The summed E-state index contributed by atoms with van der Waals surface area (Å²) in [5.74, 6) is -2.82. The predicted molar refractivity (Wildman–Crippen MR) is 95.6 cm³/mol. The van der Waals surface area contributed by atoms with Crippen LogP contribution in [0.3, 0.4) is 0 Å². The van der Waals surface area contributed by atoms with Gasteiger partial charge in [0.25, 0.3) is 23.4 Å². The Morgan fingerprint density at radius 2 is 1.71 bits per heavy atom. The van der Waals surface area contributed by atoms with E-state index in [0.717, 1.165) is 15.9 Å². The van der Waals surface area contributed by atoms with Crippen molar-refractivity contribution < 1.29 is 24.1 Å². The summed E-state index contributed by atoms with van der Waals surface area (Å²) in [6.45, 7) is 0. The molecule has 4 amide bonds. The Morgan fingerprint density at radius 1 is 1.04 bits per heavy atom. The largest absolute Gasteiger partial charge is 0.282 e. The number of nitro benzene ring substituents is 1. The van der Waals surface area contributed by atoms with E-state index in [2.05, 4.69) is 0 Å². The normalized spacial score (nSPS) is 18.6. The number of carbonyl (C=O) groups excluding carboxylic acids is 4. The van der Waals surface area contributed by atoms with Gasteiger partial charge in [0, 0.05) is 12.5 Å². The molecule has 2 aliphatic rings. The molecule has 2 aliphatic heterocycles. The number of fused-ring (bicyclic) bond motifs is 2. The second-order valence-corrected chi connectivity index (χ2v) is 6.39. The number of hydrogen-bond donors (Lipinski definition) is 0. The lowest BCUT2D eigenvalue weighted by molar-refractivity contribution is -0.385. The van der Waals surface area contributed by atoms with Gasteiger partial charge in [0.2, 0.25) is 5.91 Å². The Balaban J connectivity index is 1.91. The van der Waals surface area contributed by atoms with Crippen LogP contribution in [-0.4, -0.2) is 39.5 Å². The second-order valence-electron chi connectivity index (χ2n) is 6.39. The summed E-state index contributed by atoms with van der Waals surface area (Å²) in [5.41, 5.74) is -0.711. The maximum atomic E-state index is 13.2. The van der Waals surface area contributed by atoms with Gasteiger partial charge < -0.3 is 0 Å². The van der Waals surface area contributed by atoms with Gasteiger partial charge in [-0.05, 0) is 24.6 Å². The number of anilines is 1. The predicted octanol–water partition coefficient (Wildman–Crippen LogP) is 1.91. The van der Waals surface area contributed by atoms with Crippen LogP contribution in [0, 0.1) is 10.1 Å². The lowest BCUT2D eigenvalue weighted by atomic mass is 10.1. The maximum absolute atomic E-state index is 13.2. The van der Waals surface area contributed by atoms with Crippen molar-refractivity contribution in [3.8, 4) is 0 Å². The molecule has 0 aliphatic carbocycles.